The Kier molecular flexibility index (Phi) is 4.00. The monoisotopic (exact) mass is 317 g/mol. The summed E-state index contributed by atoms with van der Waals surface area (Å²) in [5.41, 5.74) is 1.87. The standard InChI is InChI=1S/C17H23N3O3/c1-4-20-8-13(10(3)19-20)9(2)18-16(21)14-11-5-6-12(7-11)15(14)17(22)23/h5-6,8-9,11-12,14-15H,4,7H2,1-3H3,(H,18,21)(H,22,23). The number of carbonyl (C=O) groups excluding carboxylic acids is 1. The number of hydrogen-bond donors (Lipinski definition) is 2. The Morgan fingerprint density at radius 1 is 1.39 bits per heavy atom. The molecule has 2 aliphatic carbocycles. The number of aryl methyl sites for hydroxylation is 2. The van der Waals surface area contributed by atoms with Crippen LogP contribution in [0.2, 0.25) is 0 Å². The topological polar surface area (TPSA) is 84.2 Å². The van der Waals surface area contributed by atoms with Crippen LogP contribution in [0.5, 0.6) is 0 Å². The number of carboxylic acid groups (broad SMARTS) is 1. The normalized spacial score (nSPS) is 29.7. The Labute approximate surface area is 135 Å². The molecule has 0 radical (unpaired) electrons. The molecule has 1 fully saturated rings. The Hall–Kier alpha value is -2.11. The van der Waals surface area contributed by atoms with Crippen molar-refractivity contribution in [2.75, 3.05) is 0 Å². The van der Waals surface area contributed by atoms with Gasteiger partial charge in [-0.3, -0.25) is 14.3 Å². The summed E-state index contributed by atoms with van der Waals surface area (Å²) in [5, 5.41) is 16.9. The van der Waals surface area contributed by atoms with E-state index in [0.717, 1.165) is 24.2 Å². The van der Waals surface area contributed by atoms with Gasteiger partial charge in [-0.2, -0.15) is 5.10 Å². The zero-order valence-electron chi connectivity index (χ0n) is 13.7. The first-order valence-corrected chi connectivity index (χ1v) is 8.17. The van der Waals surface area contributed by atoms with Crippen LogP contribution in [0.15, 0.2) is 18.3 Å². The van der Waals surface area contributed by atoms with Crippen LogP contribution in [-0.4, -0.2) is 26.8 Å². The average molecular weight is 317 g/mol. The molecule has 2 aliphatic rings. The summed E-state index contributed by atoms with van der Waals surface area (Å²) in [6.45, 7) is 6.63. The first-order chi connectivity index (χ1) is 10.9. The van der Waals surface area contributed by atoms with Crippen LogP contribution in [0.25, 0.3) is 0 Å². The second-order valence-electron chi connectivity index (χ2n) is 6.59. The summed E-state index contributed by atoms with van der Waals surface area (Å²) in [5.74, 6) is -2.06. The van der Waals surface area contributed by atoms with E-state index in [4.69, 9.17) is 0 Å². The maximum atomic E-state index is 12.7. The van der Waals surface area contributed by atoms with Crippen molar-refractivity contribution in [3.8, 4) is 0 Å². The highest BCUT2D eigenvalue weighted by Gasteiger charge is 2.51. The molecule has 124 valence electrons. The van der Waals surface area contributed by atoms with Gasteiger partial charge in [-0.05, 0) is 39.0 Å². The quantitative estimate of drug-likeness (QED) is 0.813. The predicted octanol–water partition coefficient (Wildman–Crippen LogP) is 1.91. The van der Waals surface area contributed by atoms with E-state index >= 15 is 0 Å². The number of allylic oxidation sites excluding steroid dienone is 2. The highest BCUT2D eigenvalue weighted by atomic mass is 16.4. The smallest absolute Gasteiger partial charge is 0.307 e. The van der Waals surface area contributed by atoms with Crippen molar-refractivity contribution in [2.24, 2.45) is 23.7 Å². The van der Waals surface area contributed by atoms with Gasteiger partial charge in [-0.1, -0.05) is 12.2 Å². The second-order valence-corrected chi connectivity index (χ2v) is 6.59. The van der Waals surface area contributed by atoms with E-state index in [1.807, 2.05) is 43.8 Å². The van der Waals surface area contributed by atoms with Crippen molar-refractivity contribution >= 4 is 11.9 Å². The number of hydrogen-bond acceptors (Lipinski definition) is 3. The van der Waals surface area contributed by atoms with E-state index in [1.165, 1.54) is 0 Å². The zero-order chi connectivity index (χ0) is 16.7. The van der Waals surface area contributed by atoms with Gasteiger partial charge in [0.05, 0.1) is 23.6 Å². The van der Waals surface area contributed by atoms with E-state index < -0.39 is 17.8 Å². The Morgan fingerprint density at radius 2 is 2.04 bits per heavy atom. The van der Waals surface area contributed by atoms with Gasteiger partial charge < -0.3 is 10.4 Å². The molecule has 23 heavy (non-hydrogen) atoms. The van der Waals surface area contributed by atoms with Gasteiger partial charge in [-0.25, -0.2) is 0 Å². The molecule has 1 aromatic heterocycles. The number of nitrogens with zero attached hydrogens (tertiary/aromatic N) is 2. The predicted molar refractivity (Wildman–Crippen MR) is 84.5 cm³/mol. The maximum Gasteiger partial charge on any atom is 0.307 e. The number of rotatable bonds is 5. The minimum absolute atomic E-state index is 0.00636. The van der Waals surface area contributed by atoms with E-state index in [0.29, 0.717) is 0 Å². The molecule has 2 bridgehead atoms. The second kappa shape index (κ2) is 5.83. The van der Waals surface area contributed by atoms with E-state index in [1.54, 1.807) is 0 Å². The van der Waals surface area contributed by atoms with Gasteiger partial charge in [0, 0.05) is 18.3 Å². The van der Waals surface area contributed by atoms with Crippen molar-refractivity contribution in [3.05, 3.63) is 29.6 Å². The lowest BCUT2D eigenvalue weighted by Gasteiger charge is -2.25. The minimum Gasteiger partial charge on any atom is -0.481 e. The third kappa shape index (κ3) is 2.66. The number of nitrogens with one attached hydrogen (secondary N) is 1. The van der Waals surface area contributed by atoms with Gasteiger partial charge in [0.15, 0.2) is 0 Å². The number of carboxylic acids is 1. The first kappa shape index (κ1) is 15.8. The van der Waals surface area contributed by atoms with Gasteiger partial charge >= 0.3 is 5.97 Å². The fourth-order valence-corrected chi connectivity index (χ4v) is 4.02. The summed E-state index contributed by atoms with van der Waals surface area (Å²) in [6.07, 6.45) is 6.66. The average Bonchev–Trinajstić information content (AvgIpc) is 3.19. The highest BCUT2D eigenvalue weighted by Crippen LogP contribution is 2.48. The van der Waals surface area contributed by atoms with Crippen molar-refractivity contribution in [1.82, 2.24) is 15.1 Å². The molecule has 5 unspecified atom stereocenters. The largest absolute Gasteiger partial charge is 0.481 e. The molecule has 3 rings (SSSR count). The fraction of sp³-hybridized carbons (Fsp3) is 0.588. The molecule has 0 saturated heterocycles. The van der Waals surface area contributed by atoms with E-state index in [-0.39, 0.29) is 23.8 Å². The summed E-state index contributed by atoms with van der Waals surface area (Å²) in [7, 11) is 0. The maximum absolute atomic E-state index is 12.7. The lowest BCUT2D eigenvalue weighted by Crippen LogP contribution is -2.41. The molecule has 5 atom stereocenters. The molecule has 1 aromatic rings. The van der Waals surface area contributed by atoms with Crippen molar-refractivity contribution in [2.45, 2.75) is 39.8 Å². The molecule has 0 spiro atoms. The van der Waals surface area contributed by atoms with Crippen LogP contribution < -0.4 is 5.32 Å². The summed E-state index contributed by atoms with van der Waals surface area (Å²) >= 11 is 0. The van der Waals surface area contributed by atoms with Crippen LogP contribution in [0.1, 0.15) is 37.6 Å². The molecule has 1 heterocycles. The molecule has 1 saturated carbocycles. The fourth-order valence-electron chi connectivity index (χ4n) is 4.02. The molecule has 6 heteroatoms. The summed E-state index contributed by atoms with van der Waals surface area (Å²) < 4.78 is 1.84. The molecular weight excluding hydrogens is 294 g/mol. The first-order valence-electron chi connectivity index (χ1n) is 8.17. The molecule has 6 nitrogen and oxygen atoms in total. The highest BCUT2D eigenvalue weighted by molar-refractivity contribution is 5.87. The summed E-state index contributed by atoms with van der Waals surface area (Å²) in [4.78, 5) is 24.2. The van der Waals surface area contributed by atoms with Crippen LogP contribution in [-0.2, 0) is 16.1 Å². The zero-order valence-corrected chi connectivity index (χ0v) is 13.7. The molecule has 0 aromatic carbocycles. The SMILES string of the molecule is CCn1cc(C(C)NC(=O)C2C3C=CC(C3)C2C(=O)O)c(C)n1. The third-order valence-corrected chi connectivity index (χ3v) is 5.18. The van der Waals surface area contributed by atoms with Crippen molar-refractivity contribution < 1.29 is 14.7 Å². The van der Waals surface area contributed by atoms with Crippen molar-refractivity contribution in [3.63, 3.8) is 0 Å². The number of fused-ring (bicyclic) bond motifs is 2. The summed E-state index contributed by atoms with van der Waals surface area (Å²) in [6, 6.07) is -0.180. The minimum atomic E-state index is -0.871. The number of aliphatic carboxylic acids is 1. The molecule has 2 N–H and O–H groups in total. The lowest BCUT2D eigenvalue weighted by molar-refractivity contribution is -0.148. The van der Waals surface area contributed by atoms with E-state index in [2.05, 4.69) is 10.4 Å². The Bertz CT molecular complexity index is 664. The van der Waals surface area contributed by atoms with Crippen LogP contribution in [0.3, 0.4) is 0 Å². The Morgan fingerprint density at radius 3 is 2.61 bits per heavy atom. The van der Waals surface area contributed by atoms with Crippen LogP contribution in [0.4, 0.5) is 0 Å². The van der Waals surface area contributed by atoms with E-state index in [9.17, 15) is 14.7 Å². The number of aromatic nitrogens is 2. The van der Waals surface area contributed by atoms with Gasteiger partial charge in [0.2, 0.25) is 5.91 Å². The third-order valence-electron chi connectivity index (χ3n) is 5.18. The Balaban J connectivity index is 1.74. The van der Waals surface area contributed by atoms with Crippen LogP contribution >= 0.6 is 0 Å². The van der Waals surface area contributed by atoms with Crippen LogP contribution in [0, 0.1) is 30.6 Å². The lowest BCUT2D eigenvalue weighted by atomic mass is 9.82. The van der Waals surface area contributed by atoms with Gasteiger partial charge in [0.1, 0.15) is 0 Å². The number of carbonyl (C=O) groups is 2. The van der Waals surface area contributed by atoms with Gasteiger partial charge in [0.25, 0.3) is 0 Å². The molecule has 0 aliphatic heterocycles. The van der Waals surface area contributed by atoms with Gasteiger partial charge in [-0.15, -0.1) is 0 Å². The molecule has 1 amide bonds. The molecular formula is C17H23N3O3. The number of amides is 1. The van der Waals surface area contributed by atoms with Crippen molar-refractivity contribution in [1.29, 1.82) is 0 Å².